The van der Waals surface area contributed by atoms with Crippen LogP contribution in [-0.4, -0.2) is 0 Å². The molecular formula is C26H26W7-2. The SMILES string of the molecule is C1=CCc2cc3c(cc2C1)CC=CC3.[C-]1=C(C2=[C-]CC=CC2)CC=CC1.[W].[W].[W].[W].[W].[W]=[W]. The van der Waals surface area contributed by atoms with Gasteiger partial charge in [0.25, 0.3) is 0 Å². The van der Waals surface area contributed by atoms with Crippen LogP contribution in [0.15, 0.2) is 71.9 Å². The quantitative estimate of drug-likeness (QED) is 0.235. The van der Waals surface area contributed by atoms with Crippen LogP contribution < -0.4 is 0 Å². The van der Waals surface area contributed by atoms with Gasteiger partial charge in [-0.3, -0.25) is 0 Å². The maximum atomic E-state index is 3.39. The first kappa shape index (κ1) is 40.0. The van der Waals surface area contributed by atoms with Gasteiger partial charge in [-0.15, -0.1) is 50.0 Å². The van der Waals surface area contributed by atoms with Gasteiger partial charge >= 0.3 is 32.4 Å². The predicted molar refractivity (Wildman–Crippen MR) is 110 cm³/mol. The van der Waals surface area contributed by atoms with Gasteiger partial charge in [0, 0.05) is 105 Å². The van der Waals surface area contributed by atoms with E-state index in [4.69, 9.17) is 0 Å². The Hall–Kier alpha value is 2.48. The zero-order valence-electron chi connectivity index (χ0n) is 18.3. The Kier molecular flexibility index (Phi) is 28.6. The summed E-state index contributed by atoms with van der Waals surface area (Å²) in [5.74, 6) is 0. The molecule has 0 unspecified atom stereocenters. The fourth-order valence-electron chi connectivity index (χ4n) is 3.93. The van der Waals surface area contributed by atoms with Gasteiger partial charge in [0.05, 0.1) is 0 Å². The minimum atomic E-state index is 0. The van der Waals surface area contributed by atoms with Gasteiger partial charge in [0.15, 0.2) is 0 Å². The van der Waals surface area contributed by atoms with Crippen molar-refractivity contribution in [2.45, 2.75) is 51.4 Å². The second-order valence-corrected chi connectivity index (χ2v) is 7.22. The van der Waals surface area contributed by atoms with Crippen molar-refractivity contribution in [2.24, 2.45) is 0 Å². The van der Waals surface area contributed by atoms with Gasteiger partial charge in [-0.2, -0.15) is 0 Å². The average molecular weight is 1630 g/mol. The molecule has 7 heteroatoms. The van der Waals surface area contributed by atoms with Crippen LogP contribution in [0.2, 0.25) is 0 Å². The molecular weight excluding hydrogens is 1600 g/mol. The topological polar surface area (TPSA) is 0 Å². The van der Waals surface area contributed by atoms with Crippen molar-refractivity contribution in [1.29, 1.82) is 0 Å². The van der Waals surface area contributed by atoms with E-state index in [1.54, 1.807) is 54.7 Å². The van der Waals surface area contributed by atoms with Gasteiger partial charge in [-0.25, -0.2) is 0 Å². The first-order valence-corrected chi connectivity index (χ1v) is 21.0. The normalized spacial score (nSPS) is 15.6. The van der Waals surface area contributed by atoms with Gasteiger partial charge in [-0.05, 0) is 47.9 Å². The van der Waals surface area contributed by atoms with Crippen molar-refractivity contribution in [3.8, 4) is 0 Å². The summed E-state index contributed by atoms with van der Waals surface area (Å²) in [5, 5.41) is 0. The summed E-state index contributed by atoms with van der Waals surface area (Å²) < 4.78 is 0. The molecule has 0 saturated heterocycles. The van der Waals surface area contributed by atoms with Crippen molar-refractivity contribution in [3.63, 3.8) is 0 Å². The van der Waals surface area contributed by atoms with Crippen LogP contribution >= 0.6 is 0 Å². The number of fused-ring (bicyclic) bond motifs is 2. The molecule has 0 aliphatic heterocycles. The molecule has 174 valence electrons. The average Bonchev–Trinajstić information content (AvgIpc) is 2.80. The molecule has 4 aliphatic carbocycles. The number of rotatable bonds is 1. The third kappa shape index (κ3) is 13.2. The molecule has 1 aromatic rings. The van der Waals surface area contributed by atoms with E-state index in [2.05, 4.69) is 72.9 Å². The van der Waals surface area contributed by atoms with Crippen molar-refractivity contribution >= 4 is 0 Å². The number of benzene rings is 1. The summed E-state index contributed by atoms with van der Waals surface area (Å²) in [5.41, 5.74) is 8.90. The third-order valence-corrected chi connectivity index (χ3v) is 5.41. The van der Waals surface area contributed by atoms with Crippen molar-refractivity contribution in [2.75, 3.05) is 0 Å². The summed E-state index contributed by atoms with van der Waals surface area (Å²) >= 11 is 3.33. The Bertz CT molecular complexity index is 771. The van der Waals surface area contributed by atoms with E-state index in [0.29, 0.717) is 0 Å². The molecule has 0 saturated carbocycles. The second-order valence-electron chi connectivity index (χ2n) is 7.22. The van der Waals surface area contributed by atoms with Gasteiger partial charge < -0.3 is 23.3 Å². The Labute approximate surface area is 291 Å². The molecule has 0 nitrogen and oxygen atoms in total. The molecule has 0 atom stereocenters. The predicted octanol–water partition coefficient (Wildman–Crippen LogP) is 6.12. The van der Waals surface area contributed by atoms with Crippen molar-refractivity contribution in [1.82, 2.24) is 0 Å². The first-order chi connectivity index (χ1) is 13.9. The maximum absolute atomic E-state index is 3.39. The molecule has 33 heavy (non-hydrogen) atoms. The number of hydrogen-bond donors (Lipinski definition) is 0. The molecule has 0 bridgehead atoms. The van der Waals surface area contributed by atoms with E-state index in [1.807, 2.05) is 0 Å². The van der Waals surface area contributed by atoms with Crippen molar-refractivity contribution < 1.29 is 138 Å². The van der Waals surface area contributed by atoms with Crippen molar-refractivity contribution in [3.05, 3.63) is 106 Å². The van der Waals surface area contributed by atoms with E-state index in [1.165, 1.54) is 11.1 Å². The summed E-state index contributed by atoms with van der Waals surface area (Å²) in [4.78, 5) is 0. The second kappa shape index (κ2) is 23.6. The Morgan fingerprint density at radius 3 is 0.939 bits per heavy atom. The van der Waals surface area contributed by atoms with Crippen LogP contribution in [0.3, 0.4) is 0 Å². The van der Waals surface area contributed by atoms with Crippen LogP contribution in [-0.2, 0) is 163 Å². The van der Waals surface area contributed by atoms with E-state index >= 15 is 0 Å². The van der Waals surface area contributed by atoms with Crippen LogP contribution in [0.25, 0.3) is 0 Å². The van der Waals surface area contributed by atoms with Crippen LogP contribution in [0.4, 0.5) is 0 Å². The van der Waals surface area contributed by atoms with E-state index < -0.39 is 0 Å². The van der Waals surface area contributed by atoms with Crippen LogP contribution in [0, 0.1) is 12.2 Å². The number of allylic oxidation sites excluding steroid dienone is 12. The molecule has 5 rings (SSSR count). The van der Waals surface area contributed by atoms with Gasteiger partial charge in [0.2, 0.25) is 0 Å². The Balaban J connectivity index is -0.000000448. The molecule has 0 aromatic heterocycles. The van der Waals surface area contributed by atoms with Gasteiger partial charge in [-0.1, -0.05) is 36.4 Å². The molecule has 0 N–H and O–H groups in total. The minimum absolute atomic E-state index is 0. The third-order valence-electron chi connectivity index (χ3n) is 5.41. The molecule has 0 spiro atoms. The van der Waals surface area contributed by atoms with E-state index in [9.17, 15) is 0 Å². The van der Waals surface area contributed by atoms with Crippen LogP contribution in [0.5, 0.6) is 0 Å². The molecule has 4 aliphatic rings. The Morgan fingerprint density at radius 2 is 0.697 bits per heavy atom. The first-order valence-electron chi connectivity index (χ1n) is 10.00. The fraction of sp³-hybridized carbons (Fsp3) is 0.308. The zero-order chi connectivity index (χ0) is 19.6. The molecule has 1 aromatic carbocycles. The Morgan fingerprint density at radius 1 is 0.424 bits per heavy atom. The molecule has 0 radical (unpaired) electrons. The monoisotopic (exact) mass is 1630 g/mol. The molecule has 0 fully saturated rings. The molecule has 0 heterocycles. The standard InChI is InChI=1S/C14H14.C12H12.7W/c1-2-6-12-10-14-8-4-3-7-13(14)9-11(12)5-1;1-3-7-11(8-4-1)12-9-5-2-6-10-12;;;;;;;/h1-4,9-10H,5-8H2;1-3,5H,4,6-7,9H2;;;;;;;/q;-2;;;;;;;. The summed E-state index contributed by atoms with van der Waals surface area (Å²) in [6.45, 7) is 0. The zero-order valence-corrected chi connectivity index (χ0v) is 38.8. The van der Waals surface area contributed by atoms with E-state index in [-0.39, 0.29) is 105 Å². The van der Waals surface area contributed by atoms with Crippen LogP contribution in [0.1, 0.15) is 47.9 Å². The number of hydrogen-bond acceptors (Lipinski definition) is 0. The molecule has 0 amide bonds. The summed E-state index contributed by atoms with van der Waals surface area (Å²) in [7, 11) is 0. The summed E-state index contributed by atoms with van der Waals surface area (Å²) in [6.07, 6.45) is 33.3. The fourth-order valence-corrected chi connectivity index (χ4v) is 3.93. The van der Waals surface area contributed by atoms with E-state index in [0.717, 1.165) is 51.4 Å². The summed E-state index contributed by atoms with van der Waals surface area (Å²) in [6, 6.07) is 4.83. The van der Waals surface area contributed by atoms with Gasteiger partial charge in [0.1, 0.15) is 0 Å².